The van der Waals surface area contributed by atoms with Gasteiger partial charge in [-0.15, -0.1) is 34.0 Å². The van der Waals surface area contributed by atoms with Crippen molar-refractivity contribution < 1.29 is 39.9 Å². The van der Waals surface area contributed by atoms with Crippen LogP contribution in [0.1, 0.15) is 98.4 Å². The first-order valence-electron chi connectivity index (χ1n) is 19.1. The van der Waals surface area contributed by atoms with Crippen molar-refractivity contribution in [1.82, 2.24) is 0 Å². The summed E-state index contributed by atoms with van der Waals surface area (Å²) in [6.07, 6.45) is 0. The lowest BCUT2D eigenvalue weighted by Crippen LogP contribution is -2.54. The molecule has 15 nitrogen and oxygen atoms in total. The number of aliphatic hydroxyl groups is 1. The second-order valence-electron chi connectivity index (χ2n) is 17.5. The zero-order valence-electron chi connectivity index (χ0n) is 36.7. The van der Waals surface area contributed by atoms with Crippen LogP contribution in [-0.2, 0) is 50.9 Å². The number of Topliss-reactive ketones (excluding diaryl/α,β-unsaturated/α-hetero) is 1. The number of nitrogens with zero attached hydrogens (tertiary/aromatic N) is 3. The molecule has 0 amide bonds. The van der Waals surface area contributed by atoms with Crippen LogP contribution in [0.4, 0.5) is 0 Å². The van der Waals surface area contributed by atoms with Gasteiger partial charge in [-0.25, -0.2) is 25.3 Å². The molecular formula is C39H52BrCl3N6O9S6. The lowest BCUT2D eigenvalue weighted by molar-refractivity contribution is 0.102. The Morgan fingerprint density at radius 2 is 0.984 bits per heavy atom. The SMILES string of the molecule is C=C(OCCO)c1cc(Cl)c([C@]2(C)CS(=O)(=O)C(C)(C)C(N)=N2)s1.CC(=O)c1cc(Cl)c([C@]2(C)CS(=O)(=O)C(C)(C)C(N)=N2)s1.CC1(C)C(N)=N[C@](C)(c2sc(Br)cc2Cl)CS1(=O)=O. The van der Waals surface area contributed by atoms with Gasteiger partial charge in [0.15, 0.2) is 35.3 Å². The highest BCUT2D eigenvalue weighted by Gasteiger charge is 2.52. The van der Waals surface area contributed by atoms with E-state index in [9.17, 15) is 30.0 Å². The molecule has 0 aliphatic carbocycles. The Morgan fingerprint density at radius 1 is 0.672 bits per heavy atom. The van der Waals surface area contributed by atoms with E-state index in [4.69, 9.17) is 61.8 Å². The first kappa shape index (κ1) is 54.5. The number of aliphatic hydroxyl groups excluding tert-OH is 1. The van der Waals surface area contributed by atoms with Crippen molar-refractivity contribution in [3.05, 3.63) is 68.0 Å². The minimum absolute atomic E-state index is 0.0603. The number of aliphatic imine (C=N–C) groups is 3. The fourth-order valence-corrected chi connectivity index (χ4v) is 17.1. The summed E-state index contributed by atoms with van der Waals surface area (Å²) in [5.74, 6) is 0.0298. The van der Waals surface area contributed by atoms with Crippen molar-refractivity contribution in [2.24, 2.45) is 32.2 Å². The predicted molar refractivity (Wildman–Crippen MR) is 268 cm³/mol. The van der Waals surface area contributed by atoms with Crippen molar-refractivity contribution in [2.45, 2.75) is 100 Å². The van der Waals surface area contributed by atoms with E-state index >= 15 is 0 Å². The summed E-state index contributed by atoms with van der Waals surface area (Å²) < 4.78 is 77.6. The molecule has 3 aromatic rings. The predicted octanol–water partition coefficient (Wildman–Crippen LogP) is 7.49. The molecule has 3 aromatic heterocycles. The molecule has 0 unspecified atom stereocenters. The fourth-order valence-electron chi connectivity index (χ4n) is 6.51. The van der Waals surface area contributed by atoms with Gasteiger partial charge in [0.05, 0.1) is 67.1 Å². The van der Waals surface area contributed by atoms with Gasteiger partial charge < -0.3 is 27.0 Å². The van der Waals surface area contributed by atoms with Gasteiger partial charge >= 0.3 is 0 Å². The van der Waals surface area contributed by atoms with Crippen molar-refractivity contribution in [3.8, 4) is 0 Å². The zero-order valence-corrected chi connectivity index (χ0v) is 45.5. The molecule has 3 aliphatic rings. The van der Waals surface area contributed by atoms with Gasteiger partial charge in [0.2, 0.25) is 0 Å². The van der Waals surface area contributed by atoms with Crippen molar-refractivity contribution >= 4 is 143 Å². The van der Waals surface area contributed by atoms with Gasteiger partial charge in [0, 0.05) is 0 Å². The van der Waals surface area contributed by atoms with Crippen LogP contribution in [-0.4, -0.2) is 98.4 Å². The molecule has 0 radical (unpaired) electrons. The number of sulfone groups is 3. The van der Waals surface area contributed by atoms with E-state index in [-0.39, 0.29) is 53.8 Å². The standard InChI is InChI=1S/C15H21ClN2O4S2.C13H17ClN2O3S2.C11H14BrClN2O2S2/c1-9(22-6-5-19)11-7-10(16)12(23-11)15(4)8-24(20,21)14(2,3)13(17)18-15;1-7(17)9-5-8(14)10(20-9)13(4)6-21(18,19)12(2,3)11(15)16-13;1-10(2)9(14)15-11(3,5-19(10,16)17)8-6(13)4-7(12)18-8/h7,19H,1,5-6,8H2,2-4H3,(H2,17,18);5H,6H2,1-4H3,(H2,15,16);4H,5H2,1-3H3,(H2,14,15)/t15-;13-;11-/m000/s1. The first-order valence-corrected chi connectivity index (χ1v) is 28.4. The Hall–Kier alpha value is -2.12. The second kappa shape index (κ2) is 18.4. The Bertz CT molecular complexity index is 2820. The van der Waals surface area contributed by atoms with E-state index in [0.717, 1.165) is 3.79 Å². The summed E-state index contributed by atoms with van der Waals surface area (Å²) in [7, 11) is -10.4. The molecule has 0 saturated carbocycles. The number of carbonyl (C=O) groups is 1. The number of rotatable bonds is 8. The molecule has 64 heavy (non-hydrogen) atoms. The molecule has 0 bridgehead atoms. The molecule has 7 N–H and O–H groups in total. The highest BCUT2D eigenvalue weighted by atomic mass is 79.9. The number of halogens is 4. The topological polar surface area (TPSA) is 264 Å². The van der Waals surface area contributed by atoms with Crippen molar-refractivity contribution in [2.75, 3.05) is 30.5 Å². The molecule has 3 atom stereocenters. The van der Waals surface area contributed by atoms with Crippen LogP contribution in [0, 0.1) is 0 Å². The Morgan fingerprint density at radius 3 is 1.27 bits per heavy atom. The molecular weight excluding hydrogens is 1080 g/mol. The number of carbonyl (C=O) groups excluding carboxylic acids is 1. The molecule has 3 aliphatic heterocycles. The van der Waals surface area contributed by atoms with Crippen LogP contribution in [0.15, 0.2) is 43.5 Å². The van der Waals surface area contributed by atoms with E-state index in [0.29, 0.717) is 45.2 Å². The number of nitrogens with two attached hydrogens (primary N) is 3. The molecule has 0 fully saturated rings. The van der Waals surface area contributed by atoms with E-state index in [1.54, 1.807) is 66.7 Å². The number of hydrogen-bond donors (Lipinski definition) is 4. The zero-order chi connectivity index (χ0) is 49.2. The average molecular weight is 1130 g/mol. The van der Waals surface area contributed by atoms with Gasteiger partial charge in [-0.3, -0.25) is 19.8 Å². The summed E-state index contributed by atoms with van der Waals surface area (Å²) in [5.41, 5.74) is 14.7. The first-order chi connectivity index (χ1) is 28.8. The monoisotopic (exact) mass is 1120 g/mol. The lowest BCUT2D eigenvalue weighted by Gasteiger charge is -2.37. The van der Waals surface area contributed by atoms with Crippen LogP contribution in [0.5, 0.6) is 0 Å². The minimum Gasteiger partial charge on any atom is -0.490 e. The molecule has 25 heteroatoms. The summed E-state index contributed by atoms with van der Waals surface area (Å²) in [4.78, 5) is 27.7. The second-order valence-corrected chi connectivity index (χ2v) is 30.8. The number of hydrogen-bond acceptors (Lipinski definition) is 18. The third-order valence-corrected chi connectivity index (χ3v) is 25.3. The normalized spacial score (nSPS) is 27.0. The van der Waals surface area contributed by atoms with E-state index in [2.05, 4.69) is 37.5 Å². The molecule has 0 aromatic carbocycles. The average Bonchev–Trinajstić information content (AvgIpc) is 3.84. The summed E-state index contributed by atoms with van der Waals surface area (Å²) in [6.45, 7) is 19.7. The van der Waals surface area contributed by atoms with E-state index in [1.165, 1.54) is 54.8 Å². The lowest BCUT2D eigenvalue weighted by atomic mass is 10.0. The third-order valence-electron chi connectivity index (χ3n) is 11.2. The van der Waals surface area contributed by atoms with Gasteiger partial charge in [-0.05, 0) is 103 Å². The third kappa shape index (κ3) is 10.3. The van der Waals surface area contributed by atoms with Gasteiger partial charge in [-0.2, -0.15) is 0 Å². The van der Waals surface area contributed by atoms with E-state index in [1.807, 2.05) is 0 Å². The summed E-state index contributed by atoms with van der Waals surface area (Å²) >= 11 is 25.8. The molecule has 0 spiro atoms. The Labute approximate surface area is 410 Å². The summed E-state index contributed by atoms with van der Waals surface area (Å²) in [5, 5.41) is 10.1. The Kier molecular flexibility index (Phi) is 15.7. The molecule has 356 valence electrons. The number of thiophene rings is 3. The molecule has 0 saturated heterocycles. The van der Waals surface area contributed by atoms with Crippen molar-refractivity contribution in [3.63, 3.8) is 0 Å². The maximum Gasteiger partial charge on any atom is 0.169 e. The quantitative estimate of drug-likeness (QED) is 0.126. The fraction of sp³-hybridized carbons (Fsp3) is 0.538. The maximum atomic E-state index is 12.6. The number of ketones is 1. The number of ether oxygens (including phenoxy) is 1. The van der Waals surface area contributed by atoms with Gasteiger partial charge in [-0.1, -0.05) is 41.4 Å². The van der Waals surface area contributed by atoms with Crippen LogP contribution >= 0.6 is 84.7 Å². The van der Waals surface area contributed by atoms with Crippen molar-refractivity contribution in [1.29, 1.82) is 0 Å². The smallest absolute Gasteiger partial charge is 0.169 e. The van der Waals surface area contributed by atoms with Crippen LogP contribution in [0.25, 0.3) is 5.76 Å². The van der Waals surface area contributed by atoms with Gasteiger partial charge in [0.1, 0.15) is 60.7 Å². The van der Waals surface area contributed by atoms with Crippen LogP contribution < -0.4 is 17.2 Å². The highest BCUT2D eigenvalue weighted by molar-refractivity contribution is 9.11. The molecule has 6 rings (SSSR count). The highest BCUT2D eigenvalue weighted by Crippen LogP contribution is 2.47. The van der Waals surface area contributed by atoms with Gasteiger partial charge in [0.25, 0.3) is 0 Å². The maximum absolute atomic E-state index is 12.6. The van der Waals surface area contributed by atoms with Crippen LogP contribution in [0.3, 0.4) is 0 Å². The largest absolute Gasteiger partial charge is 0.490 e. The van der Waals surface area contributed by atoms with E-state index < -0.39 is 60.4 Å². The minimum atomic E-state index is -3.50. The Balaban J connectivity index is 0.000000212. The van der Waals surface area contributed by atoms with Crippen LogP contribution in [0.2, 0.25) is 15.1 Å². The number of amidine groups is 3. The summed E-state index contributed by atoms with van der Waals surface area (Å²) in [6, 6.07) is 4.95. The molecule has 6 heterocycles.